The molecule has 1 saturated heterocycles. The van der Waals surface area contributed by atoms with Gasteiger partial charge in [-0.05, 0) is 18.6 Å². The van der Waals surface area contributed by atoms with Crippen molar-refractivity contribution in [2.45, 2.75) is 13.0 Å². The summed E-state index contributed by atoms with van der Waals surface area (Å²) < 4.78 is 10.9. The quantitative estimate of drug-likeness (QED) is 0.643. The van der Waals surface area contributed by atoms with Gasteiger partial charge < -0.3 is 14.6 Å². The maximum absolute atomic E-state index is 12.7. The summed E-state index contributed by atoms with van der Waals surface area (Å²) in [6.45, 7) is 5.33. The zero-order valence-electron chi connectivity index (χ0n) is 16.8. The number of aromatic nitrogens is 1. The molecule has 1 atom stereocenters. The molecule has 1 amide bonds. The molecule has 6 nitrogen and oxygen atoms in total. The molecule has 30 heavy (non-hydrogen) atoms. The van der Waals surface area contributed by atoms with E-state index in [0.29, 0.717) is 30.5 Å². The molecule has 2 heterocycles. The monoisotopic (exact) mass is 425 g/mol. The first kappa shape index (κ1) is 20.6. The summed E-state index contributed by atoms with van der Waals surface area (Å²) in [5.41, 5.74) is 3.28. The van der Waals surface area contributed by atoms with Crippen molar-refractivity contribution in [2.24, 2.45) is 0 Å². The van der Waals surface area contributed by atoms with Gasteiger partial charge in [0.25, 0.3) is 5.91 Å². The number of amides is 1. The van der Waals surface area contributed by atoms with Crippen LogP contribution in [0, 0.1) is 6.92 Å². The Morgan fingerprint density at radius 3 is 2.63 bits per heavy atom. The van der Waals surface area contributed by atoms with Crippen molar-refractivity contribution in [1.29, 1.82) is 0 Å². The molecule has 1 N–H and O–H groups in total. The lowest BCUT2D eigenvalue weighted by Crippen LogP contribution is -2.44. The average Bonchev–Trinajstić information content (AvgIpc) is 3.26. The van der Waals surface area contributed by atoms with Gasteiger partial charge in [0.15, 0.2) is 11.5 Å². The Labute approximate surface area is 180 Å². The molecule has 0 radical (unpaired) electrons. The largest absolute Gasteiger partial charge is 0.379 e. The minimum atomic E-state index is -0.276. The van der Waals surface area contributed by atoms with E-state index in [-0.39, 0.29) is 17.6 Å². The van der Waals surface area contributed by atoms with Gasteiger partial charge >= 0.3 is 0 Å². The summed E-state index contributed by atoms with van der Waals surface area (Å²) in [5.74, 6) is 0.290. The lowest BCUT2D eigenvalue weighted by atomic mass is 10.0. The lowest BCUT2D eigenvalue weighted by molar-refractivity contribution is 0.0162. The summed E-state index contributed by atoms with van der Waals surface area (Å²) in [4.78, 5) is 15.0. The molecule has 0 aliphatic carbocycles. The molecule has 1 aliphatic rings. The third kappa shape index (κ3) is 4.73. The number of halogens is 1. The van der Waals surface area contributed by atoms with Crippen LogP contribution in [-0.2, 0) is 4.74 Å². The molecule has 2 aromatic carbocycles. The number of aryl methyl sites for hydroxylation is 1. The van der Waals surface area contributed by atoms with E-state index in [9.17, 15) is 4.79 Å². The fourth-order valence-corrected chi connectivity index (χ4v) is 3.85. The normalized spacial score (nSPS) is 15.7. The number of hydrogen-bond donors (Lipinski definition) is 1. The molecular weight excluding hydrogens is 402 g/mol. The molecule has 4 rings (SSSR count). The molecule has 1 aliphatic heterocycles. The first-order valence-electron chi connectivity index (χ1n) is 10.00. The van der Waals surface area contributed by atoms with Crippen molar-refractivity contribution in [3.8, 4) is 11.3 Å². The maximum Gasteiger partial charge on any atom is 0.273 e. The molecule has 156 valence electrons. The highest BCUT2D eigenvalue weighted by atomic mass is 35.5. The van der Waals surface area contributed by atoms with Crippen LogP contribution in [0.1, 0.15) is 27.7 Å². The Morgan fingerprint density at radius 2 is 1.90 bits per heavy atom. The van der Waals surface area contributed by atoms with Crippen LogP contribution in [0.15, 0.2) is 59.1 Å². The number of hydrogen-bond acceptors (Lipinski definition) is 5. The smallest absolute Gasteiger partial charge is 0.273 e. The number of morpholine rings is 1. The minimum Gasteiger partial charge on any atom is -0.379 e. The maximum atomic E-state index is 12.7. The molecule has 0 saturated carbocycles. The van der Waals surface area contributed by atoms with Gasteiger partial charge in [-0.2, -0.15) is 0 Å². The second-order valence-corrected chi connectivity index (χ2v) is 7.75. The van der Waals surface area contributed by atoms with E-state index in [4.69, 9.17) is 20.9 Å². The van der Waals surface area contributed by atoms with Crippen molar-refractivity contribution in [3.05, 3.63) is 76.4 Å². The number of nitrogens with one attached hydrogen (secondary N) is 1. The second kappa shape index (κ2) is 9.43. The standard InChI is InChI=1S/C23H24ClN3O3/c1-16-6-8-17(9-7-16)22-14-20(26-30-22)23(28)25-15-21(27-10-12-29-13-11-27)18-4-2-3-5-19(18)24/h2-9,14,21H,10-13,15H2,1H3,(H,25,28)/t21-/m1/s1. The topological polar surface area (TPSA) is 67.6 Å². The van der Waals surface area contributed by atoms with Crippen molar-refractivity contribution < 1.29 is 14.1 Å². The van der Waals surface area contributed by atoms with Crippen LogP contribution in [0.25, 0.3) is 11.3 Å². The van der Waals surface area contributed by atoms with Crippen LogP contribution in [0.3, 0.4) is 0 Å². The van der Waals surface area contributed by atoms with E-state index >= 15 is 0 Å². The molecule has 0 unspecified atom stereocenters. The minimum absolute atomic E-state index is 0.0463. The van der Waals surface area contributed by atoms with Gasteiger partial charge in [0.05, 0.1) is 19.3 Å². The van der Waals surface area contributed by atoms with Crippen molar-refractivity contribution in [2.75, 3.05) is 32.8 Å². The molecule has 0 spiro atoms. The van der Waals surface area contributed by atoms with E-state index in [1.807, 2.05) is 55.5 Å². The lowest BCUT2D eigenvalue weighted by Gasteiger charge is -2.35. The molecule has 7 heteroatoms. The van der Waals surface area contributed by atoms with E-state index in [2.05, 4.69) is 15.4 Å². The van der Waals surface area contributed by atoms with E-state index in [0.717, 1.165) is 29.8 Å². The highest BCUT2D eigenvalue weighted by molar-refractivity contribution is 6.31. The number of carbonyl (C=O) groups excluding carboxylic acids is 1. The third-order valence-electron chi connectivity index (χ3n) is 5.29. The van der Waals surface area contributed by atoms with Crippen LogP contribution in [-0.4, -0.2) is 48.8 Å². The first-order valence-corrected chi connectivity index (χ1v) is 10.4. The SMILES string of the molecule is Cc1ccc(-c2cc(C(=O)NC[C@H](c3ccccc3Cl)N3CCOCC3)no2)cc1. The Morgan fingerprint density at radius 1 is 1.17 bits per heavy atom. The zero-order chi connectivity index (χ0) is 20.9. The van der Waals surface area contributed by atoms with Gasteiger partial charge in [0.1, 0.15) is 0 Å². The summed E-state index contributed by atoms with van der Waals surface area (Å²) in [6, 6.07) is 17.2. The highest BCUT2D eigenvalue weighted by Gasteiger charge is 2.25. The fourth-order valence-electron chi connectivity index (χ4n) is 3.59. The number of rotatable bonds is 6. The highest BCUT2D eigenvalue weighted by Crippen LogP contribution is 2.28. The predicted molar refractivity (Wildman–Crippen MR) is 116 cm³/mol. The van der Waals surface area contributed by atoms with E-state index in [1.54, 1.807) is 6.07 Å². The van der Waals surface area contributed by atoms with Crippen molar-refractivity contribution in [3.63, 3.8) is 0 Å². The summed E-state index contributed by atoms with van der Waals surface area (Å²) in [7, 11) is 0. The number of ether oxygens (including phenoxy) is 1. The van der Waals surface area contributed by atoms with Gasteiger partial charge in [-0.3, -0.25) is 9.69 Å². The molecule has 0 bridgehead atoms. The third-order valence-corrected chi connectivity index (χ3v) is 5.63. The Kier molecular flexibility index (Phi) is 6.47. The Bertz CT molecular complexity index is 997. The number of benzene rings is 2. The van der Waals surface area contributed by atoms with Crippen LogP contribution < -0.4 is 5.32 Å². The molecular formula is C23H24ClN3O3. The molecule has 1 fully saturated rings. The number of carbonyl (C=O) groups is 1. The van der Waals surface area contributed by atoms with Crippen molar-refractivity contribution in [1.82, 2.24) is 15.4 Å². The summed E-state index contributed by atoms with van der Waals surface area (Å²) in [5, 5.41) is 7.63. The molecule has 1 aromatic heterocycles. The van der Waals surface area contributed by atoms with Gasteiger partial charge in [0, 0.05) is 36.3 Å². The number of nitrogens with zero attached hydrogens (tertiary/aromatic N) is 2. The summed E-state index contributed by atoms with van der Waals surface area (Å²) >= 11 is 6.45. The summed E-state index contributed by atoms with van der Waals surface area (Å²) in [6.07, 6.45) is 0. The zero-order valence-corrected chi connectivity index (χ0v) is 17.6. The Hall–Kier alpha value is -2.67. The van der Waals surface area contributed by atoms with E-state index < -0.39 is 0 Å². The van der Waals surface area contributed by atoms with Crippen LogP contribution in [0.5, 0.6) is 0 Å². The molecule has 3 aromatic rings. The second-order valence-electron chi connectivity index (χ2n) is 7.34. The fraction of sp³-hybridized carbons (Fsp3) is 0.304. The Balaban J connectivity index is 1.47. The van der Waals surface area contributed by atoms with Crippen LogP contribution >= 0.6 is 11.6 Å². The average molecular weight is 426 g/mol. The van der Waals surface area contributed by atoms with Gasteiger partial charge in [0.2, 0.25) is 0 Å². The van der Waals surface area contributed by atoms with Crippen LogP contribution in [0.2, 0.25) is 5.02 Å². The van der Waals surface area contributed by atoms with Gasteiger partial charge in [-0.1, -0.05) is 64.8 Å². The van der Waals surface area contributed by atoms with Gasteiger partial charge in [-0.15, -0.1) is 0 Å². The van der Waals surface area contributed by atoms with Gasteiger partial charge in [-0.25, -0.2) is 0 Å². The van der Waals surface area contributed by atoms with E-state index in [1.165, 1.54) is 0 Å². The van der Waals surface area contributed by atoms with Crippen molar-refractivity contribution >= 4 is 17.5 Å². The van der Waals surface area contributed by atoms with Crippen LogP contribution in [0.4, 0.5) is 0 Å². The predicted octanol–water partition coefficient (Wildman–Crippen LogP) is 4.11. The first-order chi connectivity index (χ1) is 14.6.